The average Bonchev–Trinajstić information content (AvgIpc) is 3.29. The number of benzene rings is 3. The van der Waals surface area contributed by atoms with E-state index in [1.54, 1.807) is 13.2 Å². The van der Waals surface area contributed by atoms with Crippen molar-refractivity contribution in [2.24, 2.45) is 5.10 Å². The minimum atomic E-state index is 0.00273. The molecule has 3 aromatic carbocycles. The van der Waals surface area contributed by atoms with E-state index in [9.17, 15) is 4.79 Å². The number of carbonyl (C=O) groups is 1. The molecule has 0 saturated heterocycles. The third-order valence-electron chi connectivity index (χ3n) is 4.90. The molecule has 4 nitrogen and oxygen atoms in total. The normalized spacial score (nSPS) is 13.6. The third kappa shape index (κ3) is 4.43. The zero-order valence-electron chi connectivity index (χ0n) is 16.3. The summed E-state index contributed by atoms with van der Waals surface area (Å²) in [5.74, 6) is 0.849. The maximum Gasteiger partial charge on any atom is 0.185 e. The Bertz CT molecular complexity index is 1040. The van der Waals surface area contributed by atoms with Crippen LogP contribution in [0.15, 0.2) is 90.0 Å². The molecule has 144 valence electrons. The van der Waals surface area contributed by atoms with Gasteiger partial charge in [0.05, 0.1) is 18.5 Å². The first-order chi connectivity index (χ1) is 14.2. The molecule has 29 heavy (non-hydrogen) atoms. The van der Waals surface area contributed by atoms with E-state index in [1.165, 1.54) is 0 Å². The van der Waals surface area contributed by atoms with Crippen molar-refractivity contribution in [1.29, 1.82) is 0 Å². The molecule has 0 N–H and O–H groups in total. The number of hydrazone groups is 1. The standard InChI is InChI=1S/C25H22N2O2/c1-29-23-14-10-20(11-15-23)24-17-18-27(26-24)22-12-7-19(8-13-22)9-16-25(28)21-5-3-2-4-6-21/h2-16H,17-18H2,1H3. The van der Waals surface area contributed by atoms with Crippen LogP contribution in [0.4, 0.5) is 5.69 Å². The van der Waals surface area contributed by atoms with Crippen molar-refractivity contribution in [3.63, 3.8) is 0 Å². The first kappa shape index (κ1) is 18.7. The third-order valence-corrected chi connectivity index (χ3v) is 4.90. The molecule has 3 aromatic rings. The van der Waals surface area contributed by atoms with E-state index in [4.69, 9.17) is 9.84 Å². The topological polar surface area (TPSA) is 41.9 Å². The minimum absolute atomic E-state index is 0.00273. The van der Waals surface area contributed by atoms with Gasteiger partial charge in [0.25, 0.3) is 0 Å². The van der Waals surface area contributed by atoms with E-state index in [0.717, 1.165) is 41.2 Å². The van der Waals surface area contributed by atoms with Crippen molar-refractivity contribution in [3.05, 3.63) is 102 Å². The van der Waals surface area contributed by atoms with Crippen LogP contribution in [0.2, 0.25) is 0 Å². The number of hydrogen-bond donors (Lipinski definition) is 0. The highest BCUT2D eigenvalue weighted by Gasteiger charge is 2.17. The number of ether oxygens (including phenoxy) is 1. The Balaban J connectivity index is 1.43. The van der Waals surface area contributed by atoms with Gasteiger partial charge in [0, 0.05) is 18.5 Å². The summed E-state index contributed by atoms with van der Waals surface area (Å²) in [4.78, 5) is 12.2. The van der Waals surface area contributed by atoms with Crippen molar-refractivity contribution < 1.29 is 9.53 Å². The van der Waals surface area contributed by atoms with Gasteiger partial charge in [0.15, 0.2) is 5.78 Å². The fourth-order valence-electron chi connectivity index (χ4n) is 3.26. The van der Waals surface area contributed by atoms with Crippen LogP contribution in [0.3, 0.4) is 0 Å². The second-order valence-electron chi connectivity index (χ2n) is 6.80. The van der Waals surface area contributed by atoms with E-state index in [1.807, 2.05) is 89.9 Å². The monoisotopic (exact) mass is 382 g/mol. The Morgan fingerprint density at radius 2 is 1.69 bits per heavy atom. The molecule has 0 radical (unpaired) electrons. The van der Waals surface area contributed by atoms with Crippen molar-refractivity contribution >= 4 is 23.3 Å². The van der Waals surface area contributed by atoms with Crippen LogP contribution >= 0.6 is 0 Å². The molecule has 1 heterocycles. The molecule has 1 aliphatic rings. The van der Waals surface area contributed by atoms with Gasteiger partial charge in [-0.1, -0.05) is 48.5 Å². The van der Waals surface area contributed by atoms with Gasteiger partial charge in [-0.2, -0.15) is 5.10 Å². The predicted octanol–water partition coefficient (Wildman–Crippen LogP) is 5.21. The Hall–Kier alpha value is -3.66. The summed E-state index contributed by atoms with van der Waals surface area (Å²) in [6.45, 7) is 0.850. The Morgan fingerprint density at radius 1 is 0.966 bits per heavy atom. The van der Waals surface area contributed by atoms with Crippen LogP contribution in [-0.4, -0.2) is 25.1 Å². The molecule has 0 unspecified atom stereocenters. The molecule has 0 atom stereocenters. The van der Waals surface area contributed by atoms with Gasteiger partial charge >= 0.3 is 0 Å². The lowest BCUT2D eigenvalue weighted by Crippen LogP contribution is -2.11. The SMILES string of the molecule is COc1ccc(C2=NN(c3ccc(C=CC(=O)c4ccccc4)cc3)CC2)cc1. The number of ketones is 1. The van der Waals surface area contributed by atoms with Crippen LogP contribution in [0.25, 0.3) is 6.08 Å². The number of rotatable bonds is 6. The maximum absolute atomic E-state index is 12.2. The summed E-state index contributed by atoms with van der Waals surface area (Å²) in [5.41, 5.74) is 4.91. The smallest absolute Gasteiger partial charge is 0.185 e. The van der Waals surface area contributed by atoms with Gasteiger partial charge in [0.1, 0.15) is 5.75 Å². The van der Waals surface area contributed by atoms with Crippen LogP contribution in [0, 0.1) is 0 Å². The number of hydrogen-bond acceptors (Lipinski definition) is 4. The van der Waals surface area contributed by atoms with Crippen LogP contribution in [0.5, 0.6) is 5.75 Å². The zero-order valence-corrected chi connectivity index (χ0v) is 16.3. The molecule has 0 bridgehead atoms. The summed E-state index contributed by atoms with van der Waals surface area (Å²) < 4.78 is 5.22. The maximum atomic E-state index is 12.2. The average molecular weight is 382 g/mol. The predicted molar refractivity (Wildman–Crippen MR) is 118 cm³/mol. The molecule has 0 fully saturated rings. The van der Waals surface area contributed by atoms with Crippen molar-refractivity contribution in [3.8, 4) is 5.75 Å². The van der Waals surface area contributed by atoms with Gasteiger partial charge < -0.3 is 4.74 Å². The first-order valence-corrected chi connectivity index (χ1v) is 9.60. The molecule has 4 heteroatoms. The summed E-state index contributed by atoms with van der Waals surface area (Å²) in [7, 11) is 1.67. The van der Waals surface area contributed by atoms with Gasteiger partial charge in [-0.25, -0.2) is 0 Å². The molecule has 0 spiro atoms. The van der Waals surface area contributed by atoms with Gasteiger partial charge in [0.2, 0.25) is 0 Å². The van der Waals surface area contributed by atoms with E-state index >= 15 is 0 Å². The second kappa shape index (κ2) is 8.57. The highest BCUT2D eigenvalue weighted by Crippen LogP contribution is 2.23. The number of allylic oxidation sites excluding steroid dienone is 1. The van der Waals surface area contributed by atoms with E-state index in [0.29, 0.717) is 5.56 Å². The number of carbonyl (C=O) groups excluding carboxylic acids is 1. The molecular formula is C25H22N2O2. The fraction of sp³-hybridized carbons (Fsp3) is 0.120. The number of nitrogens with zero attached hydrogens (tertiary/aromatic N) is 2. The molecule has 0 saturated carbocycles. The molecule has 0 aliphatic carbocycles. The molecular weight excluding hydrogens is 360 g/mol. The Labute approximate surface area is 170 Å². The van der Waals surface area contributed by atoms with E-state index in [2.05, 4.69) is 0 Å². The van der Waals surface area contributed by atoms with Crippen molar-refractivity contribution in [2.75, 3.05) is 18.7 Å². The zero-order chi connectivity index (χ0) is 20.1. The number of methoxy groups -OCH3 is 1. The Kier molecular flexibility index (Phi) is 5.52. The number of anilines is 1. The summed E-state index contributed by atoms with van der Waals surface area (Å²) in [5, 5.41) is 6.78. The summed E-state index contributed by atoms with van der Waals surface area (Å²) in [6.07, 6.45) is 4.36. The minimum Gasteiger partial charge on any atom is -0.497 e. The first-order valence-electron chi connectivity index (χ1n) is 9.60. The van der Waals surface area contributed by atoms with Crippen molar-refractivity contribution in [2.45, 2.75) is 6.42 Å². The van der Waals surface area contributed by atoms with Crippen LogP contribution < -0.4 is 9.75 Å². The lowest BCUT2D eigenvalue weighted by Gasteiger charge is -2.13. The van der Waals surface area contributed by atoms with Crippen molar-refractivity contribution in [1.82, 2.24) is 0 Å². The van der Waals surface area contributed by atoms with Crippen LogP contribution in [-0.2, 0) is 0 Å². The van der Waals surface area contributed by atoms with Gasteiger partial charge in [-0.3, -0.25) is 9.80 Å². The fourth-order valence-corrected chi connectivity index (χ4v) is 3.26. The molecule has 1 aliphatic heterocycles. The van der Waals surface area contributed by atoms with Gasteiger partial charge in [-0.05, 0) is 53.6 Å². The molecule has 4 rings (SSSR count). The second-order valence-corrected chi connectivity index (χ2v) is 6.80. The lowest BCUT2D eigenvalue weighted by molar-refractivity contribution is 0.104. The van der Waals surface area contributed by atoms with E-state index in [-0.39, 0.29) is 5.78 Å². The molecule has 0 aromatic heterocycles. The highest BCUT2D eigenvalue weighted by atomic mass is 16.5. The highest BCUT2D eigenvalue weighted by molar-refractivity contribution is 6.06. The van der Waals surface area contributed by atoms with E-state index < -0.39 is 0 Å². The Morgan fingerprint density at radius 3 is 2.38 bits per heavy atom. The largest absolute Gasteiger partial charge is 0.497 e. The molecule has 0 amide bonds. The van der Waals surface area contributed by atoms with Gasteiger partial charge in [-0.15, -0.1) is 0 Å². The van der Waals surface area contributed by atoms with Crippen LogP contribution in [0.1, 0.15) is 27.9 Å². The quantitative estimate of drug-likeness (QED) is 0.434. The lowest BCUT2D eigenvalue weighted by atomic mass is 10.1. The summed E-state index contributed by atoms with van der Waals surface area (Å²) >= 11 is 0. The summed E-state index contributed by atoms with van der Waals surface area (Å²) in [6, 6.07) is 25.4.